The van der Waals surface area contributed by atoms with Gasteiger partial charge in [0.25, 0.3) is 26.0 Å². The fourth-order valence-corrected chi connectivity index (χ4v) is 10.8. The van der Waals surface area contributed by atoms with Crippen molar-refractivity contribution in [2.75, 3.05) is 46.4 Å². The van der Waals surface area contributed by atoms with E-state index < -0.39 is 106 Å². The summed E-state index contributed by atoms with van der Waals surface area (Å²) in [5.74, 6) is -8.83. The van der Waals surface area contributed by atoms with Crippen molar-refractivity contribution in [1.82, 2.24) is 44.1 Å². The molecule has 8 rings (SSSR count). The minimum absolute atomic E-state index is 0.00313. The molecule has 81 heavy (non-hydrogen) atoms. The first-order valence-electron chi connectivity index (χ1n) is 25.1. The fourth-order valence-electron chi connectivity index (χ4n) is 9.25. The Balaban J connectivity index is 0.000000236. The van der Waals surface area contributed by atoms with Gasteiger partial charge in [0.15, 0.2) is 23.0 Å². The van der Waals surface area contributed by atoms with Crippen LogP contribution < -0.4 is 19.3 Å². The second kappa shape index (κ2) is 23.3. The number of piperazine rings is 1. The average Bonchev–Trinajstić information content (AvgIpc) is 3.82. The van der Waals surface area contributed by atoms with Gasteiger partial charge in [0.2, 0.25) is 27.7 Å². The normalized spacial score (nSPS) is 15.6. The van der Waals surface area contributed by atoms with E-state index in [1.165, 1.54) is 61.5 Å². The molecule has 0 spiro atoms. The molecule has 0 radical (unpaired) electrons. The minimum Gasteiger partial charge on any atom is -0.481 e. The highest BCUT2D eigenvalue weighted by molar-refractivity contribution is 7.90. The molecule has 0 saturated carbocycles. The molecule has 6 heterocycles. The van der Waals surface area contributed by atoms with Crippen LogP contribution in [-0.2, 0) is 53.6 Å². The maximum atomic E-state index is 16.1. The van der Waals surface area contributed by atoms with E-state index in [2.05, 4.69) is 20.2 Å². The third-order valence-electron chi connectivity index (χ3n) is 13.4. The van der Waals surface area contributed by atoms with Gasteiger partial charge in [-0.25, -0.2) is 60.0 Å². The number of rotatable bonds is 12. The van der Waals surface area contributed by atoms with E-state index >= 15 is 4.39 Å². The summed E-state index contributed by atoms with van der Waals surface area (Å²) in [6.07, 6.45) is 2.03. The lowest BCUT2D eigenvalue weighted by molar-refractivity contribution is -0.136. The molecular formula is C53H60F4N10O12S2. The van der Waals surface area contributed by atoms with E-state index in [1.807, 2.05) is 44.4 Å². The number of pyridine rings is 2. The molecule has 2 aromatic carbocycles. The maximum Gasteiger partial charge on any atom is 0.357 e. The quantitative estimate of drug-likeness (QED) is 0.101. The predicted molar refractivity (Wildman–Crippen MR) is 284 cm³/mol. The first-order valence-corrected chi connectivity index (χ1v) is 28.2. The molecule has 0 aliphatic carbocycles. The molecular weight excluding hydrogens is 1110 g/mol. The van der Waals surface area contributed by atoms with Gasteiger partial charge in [-0.15, -0.1) is 0 Å². The van der Waals surface area contributed by atoms with Crippen molar-refractivity contribution in [1.29, 1.82) is 0 Å². The fraction of sp³-hybridized carbons (Fsp3) is 0.396. The zero-order valence-electron chi connectivity index (χ0n) is 45.5. The van der Waals surface area contributed by atoms with Gasteiger partial charge in [-0.05, 0) is 127 Å². The van der Waals surface area contributed by atoms with Crippen molar-refractivity contribution in [2.45, 2.75) is 101 Å². The number of primary sulfonamides is 1. The van der Waals surface area contributed by atoms with E-state index in [0.29, 0.717) is 75.4 Å². The molecule has 4 aromatic heterocycles. The van der Waals surface area contributed by atoms with Crippen LogP contribution in [0.2, 0.25) is 0 Å². The number of carboxylic acid groups (broad SMARTS) is 2. The second-order valence-corrected chi connectivity index (χ2v) is 24.4. The number of benzene rings is 2. The maximum absolute atomic E-state index is 16.1. The molecule has 2 aliphatic rings. The first-order chi connectivity index (χ1) is 37.7. The number of aromatic carboxylic acids is 1. The molecule has 1 fully saturated rings. The highest BCUT2D eigenvalue weighted by Gasteiger charge is 2.41. The van der Waals surface area contributed by atoms with Gasteiger partial charge >= 0.3 is 11.9 Å². The lowest BCUT2D eigenvalue weighted by Gasteiger charge is -2.33. The number of carbonyl (C=O) groups excluding carboxylic acids is 2. The molecule has 0 unspecified atom stereocenters. The number of sulfonamides is 2. The molecule has 4 bridgehead atoms. The molecule has 434 valence electrons. The van der Waals surface area contributed by atoms with Crippen LogP contribution in [0.25, 0.3) is 22.3 Å². The Hall–Kier alpha value is -7.82. The van der Waals surface area contributed by atoms with Crippen molar-refractivity contribution in [3.63, 3.8) is 0 Å². The Morgan fingerprint density at radius 2 is 1.44 bits per heavy atom. The number of halogens is 4. The number of aromatic nitrogens is 6. The van der Waals surface area contributed by atoms with Gasteiger partial charge in [0, 0.05) is 50.7 Å². The number of nitrogens with zero attached hydrogens (tertiary/aromatic N) is 8. The molecule has 28 heteroatoms. The number of aliphatic carboxylic acids is 1. The van der Waals surface area contributed by atoms with Crippen molar-refractivity contribution < 1.29 is 73.3 Å². The minimum atomic E-state index is -4.88. The van der Waals surface area contributed by atoms with Crippen LogP contribution in [0.4, 0.5) is 17.6 Å². The number of hydrogen-bond acceptors (Lipinski definition) is 15. The molecule has 2 aliphatic heterocycles. The molecule has 5 N–H and O–H groups in total. The Kier molecular flexibility index (Phi) is 17.5. The summed E-state index contributed by atoms with van der Waals surface area (Å²) in [7, 11) is -7.63. The average molecular weight is 1170 g/mol. The van der Waals surface area contributed by atoms with Crippen LogP contribution >= 0.6 is 0 Å². The van der Waals surface area contributed by atoms with Crippen LogP contribution in [0.5, 0.6) is 11.8 Å². The Labute approximate surface area is 464 Å². The monoisotopic (exact) mass is 1170 g/mol. The van der Waals surface area contributed by atoms with Crippen LogP contribution in [0, 0.1) is 23.3 Å². The van der Waals surface area contributed by atoms with Crippen molar-refractivity contribution >= 4 is 43.8 Å². The van der Waals surface area contributed by atoms with Gasteiger partial charge in [0.1, 0.15) is 24.8 Å². The smallest absolute Gasteiger partial charge is 0.357 e. The highest BCUT2D eigenvalue weighted by atomic mass is 32.2. The van der Waals surface area contributed by atoms with E-state index in [4.69, 9.17) is 14.6 Å². The summed E-state index contributed by atoms with van der Waals surface area (Å²) in [4.78, 5) is 61.9. The Bertz CT molecular complexity index is 3690. The standard InChI is InChI=1S/C29H34F2N6O5S.C24H26F2N4O7S/c1-17(2)20-13-19(30)14-21-18-6-7-32-24(12-18)42-16-29(3,4)37-26(28(39)36-10-8-35(5)9-11-36)25(31)27(33-37)43(40,41)34-23(38)15-22(20)21;1-12(2)15-8-14(25)9-16(17(15)10-19(31)32)13-5-6-28-18(7-13)37-11-24(3,4)30-21(23(33)34)20(26)22(29-30)38(27,35)36/h6-7,12-14,17H,8-11,15-16H2,1-5H3,(H,34,38);5-9,12H,10-11H2,1-4H3,(H,31,32)(H,33,34)(H2,27,35,36). The van der Waals surface area contributed by atoms with E-state index in [1.54, 1.807) is 32.0 Å². The van der Waals surface area contributed by atoms with E-state index in [9.17, 15) is 59.4 Å². The summed E-state index contributed by atoms with van der Waals surface area (Å²) in [5, 5.41) is 29.2. The second-order valence-electron chi connectivity index (χ2n) is 21.3. The SMILES string of the molecule is CC(C)c1cc(F)cc(-c2ccnc(OCC(C)(C)n3nc(S(N)(=O)=O)c(F)c3C(=O)O)c2)c1CC(=O)O.CC(C)c1cc(F)cc2c1CC(=O)NS(=O)(=O)c1nn(c(C(=O)N3CCN(C)CC3)c1F)C(C)(C)COc1cc-2ccn1. The molecule has 0 atom stereocenters. The van der Waals surface area contributed by atoms with Gasteiger partial charge in [-0.1, -0.05) is 27.7 Å². The Morgan fingerprint density at radius 1 is 0.852 bits per heavy atom. The summed E-state index contributed by atoms with van der Waals surface area (Å²) in [5.41, 5.74) is -0.760. The summed E-state index contributed by atoms with van der Waals surface area (Å²) < 4.78 is 125. The zero-order valence-corrected chi connectivity index (χ0v) is 47.2. The molecule has 6 aromatic rings. The van der Waals surface area contributed by atoms with Gasteiger partial charge < -0.3 is 29.5 Å². The third-order valence-corrected chi connectivity index (χ3v) is 15.4. The number of carboxylic acids is 2. The number of fused-ring (bicyclic) bond motifs is 6. The zero-order chi connectivity index (χ0) is 59.8. The lowest BCUT2D eigenvalue weighted by Crippen LogP contribution is -2.48. The van der Waals surface area contributed by atoms with Crippen molar-refractivity contribution in [3.05, 3.63) is 118 Å². The van der Waals surface area contributed by atoms with Gasteiger partial charge in [-0.2, -0.15) is 18.6 Å². The van der Waals surface area contributed by atoms with Gasteiger partial charge in [0.05, 0.1) is 23.9 Å². The number of carbonyl (C=O) groups is 4. The van der Waals surface area contributed by atoms with Crippen LogP contribution in [0.15, 0.2) is 71.0 Å². The van der Waals surface area contributed by atoms with E-state index in [-0.39, 0.29) is 43.2 Å². The summed E-state index contributed by atoms with van der Waals surface area (Å²) >= 11 is 0. The Morgan fingerprint density at radius 3 is 2.04 bits per heavy atom. The molecule has 22 nitrogen and oxygen atoms in total. The van der Waals surface area contributed by atoms with Crippen LogP contribution in [0.1, 0.15) is 110 Å². The van der Waals surface area contributed by atoms with Gasteiger partial charge in [-0.3, -0.25) is 14.4 Å². The van der Waals surface area contributed by atoms with Crippen LogP contribution in [0.3, 0.4) is 0 Å². The third kappa shape index (κ3) is 13.4. The number of likely N-dealkylation sites (N-methyl/N-ethyl adjacent to an activating group) is 1. The molecule has 1 saturated heterocycles. The number of nitrogens with one attached hydrogen (secondary N) is 1. The number of amides is 2. The number of hydrogen-bond donors (Lipinski definition) is 4. The first kappa shape index (κ1) is 60.8. The van der Waals surface area contributed by atoms with Crippen molar-refractivity contribution in [2.24, 2.45) is 5.14 Å². The summed E-state index contributed by atoms with van der Waals surface area (Å²) in [6, 6.07) is 11.3. The van der Waals surface area contributed by atoms with Crippen LogP contribution in [-0.4, -0.2) is 137 Å². The number of nitrogens with two attached hydrogens (primary N) is 1. The topological polar surface area (TPSA) is 301 Å². The number of ether oxygens (including phenoxy) is 2. The predicted octanol–water partition coefficient (Wildman–Crippen LogP) is 6.04. The summed E-state index contributed by atoms with van der Waals surface area (Å²) in [6.45, 7) is 14.5. The highest BCUT2D eigenvalue weighted by Crippen LogP contribution is 2.36. The molecule has 2 amide bonds. The van der Waals surface area contributed by atoms with Crippen molar-refractivity contribution in [3.8, 4) is 34.0 Å². The van der Waals surface area contributed by atoms with E-state index in [0.717, 1.165) is 4.68 Å². The largest absolute Gasteiger partial charge is 0.481 e. The lowest BCUT2D eigenvalue weighted by atomic mass is 9.88.